The molecule has 3 aromatic carbocycles. The molecule has 0 spiro atoms. The largest absolute Gasteiger partial charge is 0.507 e. The minimum Gasteiger partial charge on any atom is -0.507 e. The van der Waals surface area contributed by atoms with Crippen molar-refractivity contribution in [2.24, 2.45) is 0 Å². The molecule has 1 aromatic heterocycles. The average molecular weight is 501 g/mol. The molecule has 4 aromatic rings. The molecule has 0 fully saturated rings. The van der Waals surface area contributed by atoms with Gasteiger partial charge in [0.05, 0.1) is 11.8 Å². The van der Waals surface area contributed by atoms with Crippen LogP contribution in [0.5, 0.6) is 17.2 Å². The van der Waals surface area contributed by atoms with Gasteiger partial charge in [0.1, 0.15) is 35.5 Å². The van der Waals surface area contributed by atoms with Crippen LogP contribution in [-0.2, 0) is 16.0 Å². The zero-order valence-corrected chi connectivity index (χ0v) is 20.7. The molecule has 0 saturated carbocycles. The van der Waals surface area contributed by atoms with E-state index in [4.69, 9.17) is 18.6 Å². The number of benzene rings is 3. The molecule has 0 radical (unpaired) electrons. The highest BCUT2D eigenvalue weighted by Crippen LogP contribution is 2.39. The molecular formula is C30H28O7. The van der Waals surface area contributed by atoms with E-state index in [1.165, 1.54) is 6.07 Å². The third-order valence-electron chi connectivity index (χ3n) is 5.65. The summed E-state index contributed by atoms with van der Waals surface area (Å²) in [5.41, 5.74) is 0.207. The summed E-state index contributed by atoms with van der Waals surface area (Å²) in [5, 5.41) is 10.5. The van der Waals surface area contributed by atoms with Crippen molar-refractivity contribution < 1.29 is 28.5 Å². The Morgan fingerprint density at radius 2 is 1.78 bits per heavy atom. The van der Waals surface area contributed by atoms with Crippen LogP contribution in [0.3, 0.4) is 0 Å². The Labute approximate surface area is 214 Å². The van der Waals surface area contributed by atoms with Crippen molar-refractivity contribution in [1.82, 2.24) is 0 Å². The van der Waals surface area contributed by atoms with E-state index >= 15 is 0 Å². The van der Waals surface area contributed by atoms with Gasteiger partial charge in [0.2, 0.25) is 11.2 Å². The van der Waals surface area contributed by atoms with Crippen molar-refractivity contribution in [2.75, 3.05) is 13.2 Å². The van der Waals surface area contributed by atoms with E-state index in [2.05, 4.69) is 6.58 Å². The number of aromatic hydroxyl groups is 1. The van der Waals surface area contributed by atoms with Crippen LogP contribution in [0.2, 0.25) is 0 Å². The molecule has 0 aliphatic rings. The van der Waals surface area contributed by atoms with Gasteiger partial charge in [-0.2, -0.15) is 0 Å². The van der Waals surface area contributed by atoms with Crippen molar-refractivity contribution >= 4 is 27.9 Å². The smallest absolute Gasteiger partial charge is 0.310 e. The lowest BCUT2D eigenvalue weighted by atomic mass is 10.1. The normalized spacial score (nSPS) is 11.6. The Balaban J connectivity index is 1.55. The molecule has 4 rings (SSSR count). The second kappa shape index (κ2) is 11.0. The van der Waals surface area contributed by atoms with Crippen LogP contribution in [-0.4, -0.2) is 29.9 Å². The highest BCUT2D eigenvalue weighted by Gasteiger charge is 2.22. The molecule has 1 heterocycles. The van der Waals surface area contributed by atoms with Gasteiger partial charge in [-0.15, -0.1) is 0 Å². The number of carbonyl (C=O) groups excluding carboxylic acids is 1. The molecule has 7 heteroatoms. The minimum atomic E-state index is -0.718. The number of carbonyl (C=O) groups is 1. The van der Waals surface area contributed by atoms with Gasteiger partial charge in [0, 0.05) is 0 Å². The summed E-state index contributed by atoms with van der Waals surface area (Å²) < 4.78 is 23.3. The van der Waals surface area contributed by atoms with Crippen molar-refractivity contribution in [2.45, 2.75) is 25.9 Å². The van der Waals surface area contributed by atoms with E-state index in [1.807, 2.05) is 44.2 Å². The Morgan fingerprint density at radius 3 is 2.54 bits per heavy atom. The Hall–Kier alpha value is -4.52. The molecule has 0 bridgehead atoms. The molecule has 0 aliphatic carbocycles. The third-order valence-corrected chi connectivity index (χ3v) is 5.65. The van der Waals surface area contributed by atoms with Gasteiger partial charge in [0.25, 0.3) is 0 Å². The first-order valence-corrected chi connectivity index (χ1v) is 11.8. The summed E-state index contributed by atoms with van der Waals surface area (Å²) in [6.07, 6.45) is 5.22. The van der Waals surface area contributed by atoms with Gasteiger partial charge < -0.3 is 23.7 Å². The molecular weight excluding hydrogens is 472 g/mol. The summed E-state index contributed by atoms with van der Waals surface area (Å²) in [7, 11) is 0. The molecule has 7 nitrogen and oxygen atoms in total. The van der Waals surface area contributed by atoms with Gasteiger partial charge in [-0.1, -0.05) is 43.0 Å². The van der Waals surface area contributed by atoms with Crippen molar-refractivity contribution in [1.29, 1.82) is 0 Å². The van der Waals surface area contributed by atoms with Crippen LogP contribution in [0.25, 0.3) is 21.9 Å². The maximum Gasteiger partial charge on any atom is 0.310 e. The summed E-state index contributed by atoms with van der Waals surface area (Å²) in [5.74, 6) is 0.113. The molecule has 0 saturated heterocycles. The van der Waals surface area contributed by atoms with E-state index in [1.54, 1.807) is 42.5 Å². The number of fused-ring (bicyclic) bond motifs is 2. The van der Waals surface area contributed by atoms with Crippen molar-refractivity contribution in [3.63, 3.8) is 0 Å². The van der Waals surface area contributed by atoms with E-state index < -0.39 is 5.60 Å². The highest BCUT2D eigenvalue weighted by molar-refractivity contribution is 5.96. The van der Waals surface area contributed by atoms with E-state index in [-0.39, 0.29) is 64.5 Å². The zero-order chi connectivity index (χ0) is 26.4. The minimum absolute atomic E-state index is 0.0937. The summed E-state index contributed by atoms with van der Waals surface area (Å²) in [6, 6.07) is 17.2. The lowest BCUT2D eigenvalue weighted by molar-refractivity contribution is -0.141. The zero-order valence-electron chi connectivity index (χ0n) is 20.7. The summed E-state index contributed by atoms with van der Waals surface area (Å²) in [4.78, 5) is 25.1. The number of hydrogen-bond donors (Lipinski definition) is 1. The second-order valence-corrected chi connectivity index (χ2v) is 8.89. The predicted octanol–water partition coefficient (Wildman–Crippen LogP) is 5.72. The van der Waals surface area contributed by atoms with Crippen LogP contribution < -0.4 is 14.9 Å². The van der Waals surface area contributed by atoms with Crippen molar-refractivity contribution in [3.05, 3.63) is 101 Å². The predicted molar refractivity (Wildman–Crippen MR) is 142 cm³/mol. The fourth-order valence-electron chi connectivity index (χ4n) is 3.67. The number of phenols is 1. The molecule has 1 N–H and O–H groups in total. The number of hydrogen-bond acceptors (Lipinski definition) is 7. The Bertz CT molecular complexity index is 1510. The van der Waals surface area contributed by atoms with E-state index in [0.29, 0.717) is 5.75 Å². The first-order chi connectivity index (χ1) is 17.8. The molecule has 0 unspecified atom stereocenters. The van der Waals surface area contributed by atoms with Gasteiger partial charge in [-0.3, -0.25) is 9.59 Å². The topological polar surface area (TPSA) is 95.2 Å². The lowest BCUT2D eigenvalue weighted by Gasteiger charge is -2.24. The first-order valence-electron chi connectivity index (χ1n) is 11.8. The summed E-state index contributed by atoms with van der Waals surface area (Å²) in [6.45, 7) is 7.67. The fourth-order valence-corrected chi connectivity index (χ4v) is 3.67. The molecule has 0 amide bonds. The molecule has 37 heavy (non-hydrogen) atoms. The second-order valence-electron chi connectivity index (χ2n) is 8.89. The van der Waals surface area contributed by atoms with Crippen LogP contribution in [0.4, 0.5) is 0 Å². The highest BCUT2D eigenvalue weighted by atomic mass is 16.5. The van der Waals surface area contributed by atoms with Crippen LogP contribution >= 0.6 is 0 Å². The van der Waals surface area contributed by atoms with Crippen LogP contribution in [0.1, 0.15) is 19.4 Å². The number of ether oxygens (including phenoxy) is 3. The van der Waals surface area contributed by atoms with Crippen molar-refractivity contribution in [3.8, 4) is 17.2 Å². The fraction of sp³-hybridized carbons (Fsp3) is 0.200. The van der Waals surface area contributed by atoms with Gasteiger partial charge in [-0.25, -0.2) is 0 Å². The van der Waals surface area contributed by atoms with E-state index in [0.717, 1.165) is 5.56 Å². The van der Waals surface area contributed by atoms with Gasteiger partial charge >= 0.3 is 5.97 Å². The van der Waals surface area contributed by atoms with Gasteiger partial charge in [-0.05, 0) is 61.9 Å². The Kier molecular flexibility index (Phi) is 7.63. The summed E-state index contributed by atoms with van der Waals surface area (Å²) >= 11 is 0. The number of rotatable bonds is 10. The first kappa shape index (κ1) is 25.6. The third kappa shape index (κ3) is 6.01. The maximum absolute atomic E-state index is 13.1. The molecule has 0 atom stereocenters. The quantitative estimate of drug-likeness (QED) is 0.169. The van der Waals surface area contributed by atoms with Gasteiger partial charge in [0.15, 0.2) is 11.3 Å². The Morgan fingerprint density at radius 1 is 1.03 bits per heavy atom. The molecule has 190 valence electrons. The van der Waals surface area contributed by atoms with Crippen LogP contribution in [0.15, 0.2) is 94.7 Å². The van der Waals surface area contributed by atoms with E-state index in [9.17, 15) is 14.7 Å². The molecule has 0 aliphatic heterocycles. The average Bonchev–Trinajstić information content (AvgIpc) is 2.87. The monoisotopic (exact) mass is 500 g/mol. The van der Waals surface area contributed by atoms with Crippen LogP contribution in [0, 0.1) is 0 Å². The lowest BCUT2D eigenvalue weighted by Crippen LogP contribution is -2.25. The maximum atomic E-state index is 13.1. The SMILES string of the molecule is C=CC(C)(C)Oc1ccc2c(=O)c3c(O)cccc3oc2c1OC/C=C/COC(=O)Cc1ccccc1. The number of esters is 1. The number of phenolic OH excluding ortho intramolecular Hbond substituents is 1. The standard InChI is InChI=1S/C30H28O7/c1-4-30(2,3)37-24-16-15-21-27(33)26-22(31)13-10-14-23(26)36-28(21)29(24)35-18-9-8-17-34-25(32)19-20-11-6-5-7-12-20/h4-16,31H,1,17-19H2,2-3H3/b9-8+.